The molecule has 2 aromatic rings. The maximum absolute atomic E-state index is 13.6. The van der Waals surface area contributed by atoms with Crippen molar-refractivity contribution in [1.82, 2.24) is 5.32 Å². The molecule has 0 unspecified atom stereocenters. The summed E-state index contributed by atoms with van der Waals surface area (Å²) >= 11 is 0. The smallest absolute Gasteiger partial charge is 0.310 e. The average Bonchev–Trinajstić information content (AvgIpc) is 2.62. The molecular weight excluding hydrogens is 344 g/mol. The van der Waals surface area contributed by atoms with Gasteiger partial charge >= 0.3 is 5.97 Å². The quantitative estimate of drug-likeness (QED) is 0.732. The van der Waals surface area contributed by atoms with E-state index in [-0.39, 0.29) is 24.5 Å². The van der Waals surface area contributed by atoms with Crippen molar-refractivity contribution < 1.29 is 27.8 Å². The molecule has 0 aliphatic heterocycles. The molecule has 26 heavy (non-hydrogen) atoms. The highest BCUT2D eigenvalue weighted by atomic mass is 19.1. The van der Waals surface area contributed by atoms with Crippen LogP contribution >= 0.6 is 0 Å². The molecule has 0 aromatic heterocycles. The molecule has 1 N–H and O–H groups in total. The third-order valence-corrected chi connectivity index (χ3v) is 3.60. The number of hydrogen-bond donors (Lipinski definition) is 1. The van der Waals surface area contributed by atoms with Crippen LogP contribution in [-0.4, -0.2) is 32.1 Å². The first-order valence-corrected chi connectivity index (χ1v) is 7.97. The molecule has 7 heteroatoms. The van der Waals surface area contributed by atoms with E-state index in [1.54, 1.807) is 18.2 Å². The van der Waals surface area contributed by atoms with E-state index in [1.807, 2.05) is 0 Å². The van der Waals surface area contributed by atoms with Gasteiger partial charge in [-0.15, -0.1) is 0 Å². The van der Waals surface area contributed by atoms with Crippen molar-refractivity contribution in [3.63, 3.8) is 0 Å². The number of esters is 1. The van der Waals surface area contributed by atoms with Crippen molar-refractivity contribution >= 4 is 11.9 Å². The molecule has 0 bridgehead atoms. The van der Waals surface area contributed by atoms with Gasteiger partial charge in [-0.25, -0.2) is 8.78 Å². The second kappa shape index (κ2) is 9.50. The van der Waals surface area contributed by atoms with Gasteiger partial charge < -0.3 is 14.8 Å². The Morgan fingerprint density at radius 2 is 1.85 bits per heavy atom. The van der Waals surface area contributed by atoms with Crippen LogP contribution in [0.2, 0.25) is 0 Å². The molecule has 0 spiro atoms. The third-order valence-electron chi connectivity index (χ3n) is 3.60. The highest BCUT2D eigenvalue weighted by Crippen LogP contribution is 2.18. The Kier molecular flexibility index (Phi) is 7.08. The average molecular weight is 363 g/mol. The summed E-state index contributed by atoms with van der Waals surface area (Å²) in [6.45, 7) is -0.226. The van der Waals surface area contributed by atoms with Crippen molar-refractivity contribution in [2.24, 2.45) is 0 Å². The van der Waals surface area contributed by atoms with Crippen LogP contribution in [0.4, 0.5) is 8.78 Å². The highest BCUT2D eigenvalue weighted by Gasteiger charge is 2.11. The molecule has 138 valence electrons. The van der Waals surface area contributed by atoms with Crippen LogP contribution in [0.25, 0.3) is 0 Å². The van der Waals surface area contributed by atoms with Crippen LogP contribution in [0.15, 0.2) is 42.5 Å². The largest absolute Gasteiger partial charge is 0.494 e. The van der Waals surface area contributed by atoms with Crippen molar-refractivity contribution in [2.75, 3.05) is 20.3 Å². The van der Waals surface area contributed by atoms with E-state index in [0.717, 1.165) is 0 Å². The Bertz CT molecular complexity index is 780. The SMILES string of the molecule is COc1ccc(CC(=O)OCC(=O)NCCc2ccccc2F)cc1F. The minimum absolute atomic E-state index is 0.0800. The minimum atomic E-state index is -0.654. The Labute approximate surface area is 149 Å². The summed E-state index contributed by atoms with van der Waals surface area (Å²) in [6, 6.07) is 10.4. The normalized spacial score (nSPS) is 10.3. The number of benzene rings is 2. The number of rotatable bonds is 8. The summed E-state index contributed by atoms with van der Waals surface area (Å²) in [5.74, 6) is -1.98. The number of nitrogens with one attached hydrogen (secondary N) is 1. The Balaban J connectivity index is 1.70. The number of halogens is 2. The minimum Gasteiger partial charge on any atom is -0.494 e. The molecule has 0 radical (unpaired) electrons. The Morgan fingerprint density at radius 3 is 2.54 bits per heavy atom. The first-order valence-electron chi connectivity index (χ1n) is 7.97. The van der Waals surface area contributed by atoms with Crippen molar-refractivity contribution in [2.45, 2.75) is 12.8 Å². The summed E-state index contributed by atoms with van der Waals surface area (Å²) in [4.78, 5) is 23.4. The second-order valence-corrected chi connectivity index (χ2v) is 5.50. The molecule has 2 aromatic carbocycles. The van der Waals surface area contributed by atoms with E-state index in [0.29, 0.717) is 17.5 Å². The lowest BCUT2D eigenvalue weighted by Crippen LogP contribution is -2.30. The molecular formula is C19H19F2NO4. The van der Waals surface area contributed by atoms with Gasteiger partial charge in [0.15, 0.2) is 18.2 Å². The molecule has 0 aliphatic carbocycles. The number of hydrogen-bond acceptors (Lipinski definition) is 4. The zero-order valence-electron chi connectivity index (χ0n) is 14.3. The van der Waals surface area contributed by atoms with Crippen LogP contribution < -0.4 is 10.1 Å². The summed E-state index contributed by atoms with van der Waals surface area (Å²) in [5, 5.41) is 2.54. The molecule has 0 saturated heterocycles. The molecule has 0 atom stereocenters. The molecule has 2 rings (SSSR count). The van der Waals surface area contributed by atoms with Gasteiger partial charge in [-0.1, -0.05) is 24.3 Å². The van der Waals surface area contributed by atoms with Gasteiger partial charge in [0.05, 0.1) is 13.5 Å². The van der Waals surface area contributed by atoms with Gasteiger partial charge in [0.1, 0.15) is 5.82 Å². The zero-order chi connectivity index (χ0) is 18.9. The molecule has 0 fully saturated rings. The lowest BCUT2D eigenvalue weighted by atomic mass is 10.1. The van der Waals surface area contributed by atoms with Crippen molar-refractivity contribution in [3.05, 3.63) is 65.2 Å². The first-order chi connectivity index (χ1) is 12.5. The fraction of sp³-hybridized carbons (Fsp3) is 0.263. The van der Waals surface area contributed by atoms with Gasteiger partial charge in [-0.05, 0) is 35.7 Å². The van der Waals surface area contributed by atoms with Crippen molar-refractivity contribution in [3.8, 4) is 5.75 Å². The fourth-order valence-electron chi connectivity index (χ4n) is 2.27. The topological polar surface area (TPSA) is 64.6 Å². The monoisotopic (exact) mass is 363 g/mol. The predicted octanol–water partition coefficient (Wildman–Crippen LogP) is 2.42. The van der Waals surface area contributed by atoms with E-state index in [1.165, 1.54) is 31.4 Å². The fourth-order valence-corrected chi connectivity index (χ4v) is 2.27. The van der Waals surface area contributed by atoms with Crippen LogP contribution in [0.5, 0.6) is 5.75 Å². The number of methoxy groups -OCH3 is 1. The lowest BCUT2D eigenvalue weighted by molar-refractivity contribution is -0.147. The number of carbonyl (C=O) groups is 2. The van der Waals surface area contributed by atoms with E-state index >= 15 is 0 Å². The van der Waals surface area contributed by atoms with Gasteiger partial charge in [0.25, 0.3) is 5.91 Å². The van der Waals surface area contributed by atoms with Gasteiger partial charge in [-0.3, -0.25) is 9.59 Å². The number of ether oxygens (including phenoxy) is 2. The van der Waals surface area contributed by atoms with Crippen LogP contribution in [-0.2, 0) is 27.2 Å². The standard InChI is InChI=1S/C19H19F2NO4/c1-25-17-7-6-13(10-16(17)21)11-19(24)26-12-18(23)22-9-8-14-4-2-3-5-15(14)20/h2-7,10H,8-9,11-12H2,1H3,(H,22,23). The second-order valence-electron chi connectivity index (χ2n) is 5.50. The zero-order valence-corrected chi connectivity index (χ0v) is 14.3. The van der Waals surface area contributed by atoms with Crippen LogP contribution in [0.1, 0.15) is 11.1 Å². The number of amides is 1. The van der Waals surface area contributed by atoms with Crippen LogP contribution in [0, 0.1) is 11.6 Å². The molecule has 0 aliphatic rings. The summed E-state index contributed by atoms with van der Waals surface area (Å²) in [6.07, 6.45) is 0.168. The predicted molar refractivity (Wildman–Crippen MR) is 90.7 cm³/mol. The maximum Gasteiger partial charge on any atom is 0.310 e. The maximum atomic E-state index is 13.6. The molecule has 5 nitrogen and oxygen atoms in total. The first kappa shape index (κ1) is 19.4. The number of carbonyl (C=O) groups excluding carboxylic acids is 2. The van der Waals surface area contributed by atoms with Gasteiger partial charge in [0.2, 0.25) is 0 Å². The summed E-state index contributed by atoms with van der Waals surface area (Å²) in [7, 11) is 1.34. The Morgan fingerprint density at radius 1 is 1.08 bits per heavy atom. The highest BCUT2D eigenvalue weighted by molar-refractivity contribution is 5.81. The summed E-state index contributed by atoms with van der Waals surface area (Å²) in [5.41, 5.74) is 0.902. The third kappa shape index (κ3) is 5.84. The van der Waals surface area contributed by atoms with Crippen LogP contribution in [0.3, 0.4) is 0 Å². The van der Waals surface area contributed by atoms with E-state index in [2.05, 4.69) is 5.32 Å². The van der Waals surface area contributed by atoms with Gasteiger partial charge in [0, 0.05) is 6.54 Å². The lowest BCUT2D eigenvalue weighted by Gasteiger charge is -2.08. The van der Waals surface area contributed by atoms with E-state index < -0.39 is 24.3 Å². The molecule has 0 saturated carbocycles. The van der Waals surface area contributed by atoms with Crippen molar-refractivity contribution in [1.29, 1.82) is 0 Å². The Hall–Kier alpha value is -2.96. The molecule has 0 heterocycles. The van der Waals surface area contributed by atoms with E-state index in [4.69, 9.17) is 9.47 Å². The van der Waals surface area contributed by atoms with E-state index in [9.17, 15) is 18.4 Å². The summed E-state index contributed by atoms with van der Waals surface area (Å²) < 4.78 is 36.6. The molecule has 1 amide bonds. The van der Waals surface area contributed by atoms with Gasteiger partial charge in [-0.2, -0.15) is 0 Å².